The molecule has 0 radical (unpaired) electrons. The van der Waals surface area contributed by atoms with Crippen LogP contribution in [0, 0.1) is 0 Å². The lowest BCUT2D eigenvalue weighted by molar-refractivity contribution is 0.0602. The summed E-state index contributed by atoms with van der Waals surface area (Å²) in [6.07, 6.45) is 0. The number of ether oxygens (including phenoxy) is 1. The third-order valence-corrected chi connectivity index (χ3v) is 7.02. The molecular weight excluding hydrogens is 351 g/mol. The number of hydrogen-bond donors (Lipinski definition) is 0. The Bertz CT molecular complexity index is 873. The van der Waals surface area contributed by atoms with Gasteiger partial charge in [-0.25, -0.2) is 4.79 Å². The van der Waals surface area contributed by atoms with E-state index in [1.54, 1.807) is 0 Å². The van der Waals surface area contributed by atoms with Gasteiger partial charge in [0.25, 0.3) is 0 Å². The Hall–Kier alpha value is -2.44. The summed E-state index contributed by atoms with van der Waals surface area (Å²) in [5.41, 5.74) is 1.85. The summed E-state index contributed by atoms with van der Waals surface area (Å²) < 4.78 is 5.10. The van der Waals surface area contributed by atoms with Crippen molar-refractivity contribution in [3.8, 4) is 0 Å². The molecule has 0 aliphatic carbocycles. The minimum Gasteiger partial charge on any atom is -0.465 e. The summed E-state index contributed by atoms with van der Waals surface area (Å²) in [6, 6.07) is 27.0. The van der Waals surface area contributed by atoms with E-state index in [9.17, 15) is 4.79 Å². The highest BCUT2D eigenvalue weighted by Crippen LogP contribution is 2.36. The molecule has 0 bridgehead atoms. The highest BCUT2D eigenvalue weighted by Gasteiger charge is 2.25. The molecule has 0 atom stereocenters. The Balaban J connectivity index is 2.28. The van der Waals surface area contributed by atoms with E-state index in [2.05, 4.69) is 75.4 Å². The summed E-state index contributed by atoms with van der Waals surface area (Å²) in [5, 5.41) is 3.48. The Kier molecular flexibility index (Phi) is 5.77. The van der Waals surface area contributed by atoms with Gasteiger partial charge in [0.05, 0.1) is 12.7 Å². The van der Waals surface area contributed by atoms with E-state index in [1.807, 2.05) is 24.3 Å². The van der Waals surface area contributed by atoms with Crippen molar-refractivity contribution in [2.75, 3.05) is 7.11 Å². The maximum Gasteiger partial charge on any atom is 0.338 e. The fraction of sp³-hybridized carbons (Fsp3) is 0.208. The van der Waals surface area contributed by atoms with Gasteiger partial charge in [0.1, 0.15) is 0 Å². The third kappa shape index (κ3) is 4.28. The standard InChI is InChI=1S/C24H25O2P/c1-24(2,3)18-15-16-21(23(25)26-4)22(17-18)27(19-11-7-5-8-12-19)20-13-9-6-10-14-20/h5-17H,1-4H3. The first-order valence-corrected chi connectivity index (χ1v) is 10.4. The second-order valence-corrected chi connectivity index (χ2v) is 9.67. The van der Waals surface area contributed by atoms with Crippen molar-refractivity contribution < 1.29 is 9.53 Å². The summed E-state index contributed by atoms with van der Waals surface area (Å²) in [4.78, 5) is 12.6. The largest absolute Gasteiger partial charge is 0.465 e. The number of rotatable bonds is 4. The molecule has 0 aliphatic rings. The Morgan fingerprint density at radius 1 is 0.815 bits per heavy atom. The van der Waals surface area contributed by atoms with Crippen LogP contribution in [0.25, 0.3) is 0 Å². The van der Waals surface area contributed by atoms with Crippen LogP contribution in [0.4, 0.5) is 0 Å². The van der Waals surface area contributed by atoms with Gasteiger partial charge in [-0.05, 0) is 46.9 Å². The van der Waals surface area contributed by atoms with Gasteiger partial charge < -0.3 is 4.74 Å². The molecule has 0 saturated heterocycles. The maximum absolute atomic E-state index is 12.6. The van der Waals surface area contributed by atoms with E-state index in [1.165, 1.54) is 23.3 Å². The van der Waals surface area contributed by atoms with Crippen LogP contribution in [-0.2, 0) is 10.2 Å². The Morgan fingerprint density at radius 2 is 1.33 bits per heavy atom. The van der Waals surface area contributed by atoms with Gasteiger partial charge in [0.15, 0.2) is 0 Å². The molecule has 0 N–H and O–H groups in total. The van der Waals surface area contributed by atoms with Crippen molar-refractivity contribution in [1.82, 2.24) is 0 Å². The maximum atomic E-state index is 12.6. The van der Waals surface area contributed by atoms with Crippen molar-refractivity contribution in [1.29, 1.82) is 0 Å². The molecule has 0 amide bonds. The van der Waals surface area contributed by atoms with Crippen molar-refractivity contribution in [3.05, 3.63) is 90.0 Å². The van der Waals surface area contributed by atoms with Crippen LogP contribution < -0.4 is 15.9 Å². The molecule has 3 aromatic rings. The van der Waals surface area contributed by atoms with Crippen LogP contribution in [0.15, 0.2) is 78.9 Å². The second-order valence-electron chi connectivity index (χ2n) is 7.48. The number of carbonyl (C=O) groups is 1. The summed E-state index contributed by atoms with van der Waals surface area (Å²) >= 11 is 0. The molecule has 3 rings (SSSR count). The molecule has 0 saturated carbocycles. The van der Waals surface area contributed by atoms with E-state index >= 15 is 0 Å². The minimum atomic E-state index is -0.869. The van der Waals surface area contributed by atoms with Crippen molar-refractivity contribution in [3.63, 3.8) is 0 Å². The molecule has 3 heteroatoms. The SMILES string of the molecule is COC(=O)c1ccc(C(C)(C)C)cc1P(c1ccccc1)c1ccccc1. The van der Waals surface area contributed by atoms with Crippen LogP contribution in [0.5, 0.6) is 0 Å². The van der Waals surface area contributed by atoms with E-state index in [4.69, 9.17) is 4.74 Å². The lowest BCUT2D eigenvalue weighted by Crippen LogP contribution is -2.27. The van der Waals surface area contributed by atoms with Gasteiger partial charge in [-0.15, -0.1) is 0 Å². The molecule has 0 unspecified atom stereocenters. The molecule has 0 fully saturated rings. The molecule has 3 aromatic carbocycles. The first-order chi connectivity index (χ1) is 12.9. The smallest absolute Gasteiger partial charge is 0.338 e. The zero-order valence-corrected chi connectivity index (χ0v) is 17.2. The van der Waals surface area contributed by atoms with Gasteiger partial charge >= 0.3 is 5.97 Å². The fourth-order valence-electron chi connectivity index (χ4n) is 3.05. The monoisotopic (exact) mass is 376 g/mol. The zero-order valence-electron chi connectivity index (χ0n) is 16.3. The van der Waals surface area contributed by atoms with E-state index < -0.39 is 7.92 Å². The average molecular weight is 376 g/mol. The van der Waals surface area contributed by atoms with Crippen LogP contribution >= 0.6 is 7.92 Å². The molecule has 138 valence electrons. The van der Waals surface area contributed by atoms with Gasteiger partial charge in [0, 0.05) is 0 Å². The molecule has 0 heterocycles. The summed E-state index contributed by atoms with van der Waals surface area (Å²) in [5.74, 6) is -0.287. The topological polar surface area (TPSA) is 26.3 Å². The molecule has 0 aliphatic heterocycles. The number of carbonyl (C=O) groups excluding carboxylic acids is 1. The van der Waals surface area contributed by atoms with Crippen molar-refractivity contribution in [2.24, 2.45) is 0 Å². The fourth-order valence-corrected chi connectivity index (χ4v) is 5.52. The predicted molar refractivity (Wildman–Crippen MR) is 115 cm³/mol. The van der Waals surface area contributed by atoms with Crippen molar-refractivity contribution in [2.45, 2.75) is 26.2 Å². The molecule has 0 aromatic heterocycles. The Morgan fingerprint density at radius 3 is 1.78 bits per heavy atom. The molecule has 2 nitrogen and oxygen atoms in total. The molecule has 27 heavy (non-hydrogen) atoms. The normalized spacial score (nSPS) is 11.4. The number of methoxy groups -OCH3 is 1. The average Bonchev–Trinajstić information content (AvgIpc) is 2.68. The zero-order chi connectivity index (χ0) is 19.4. The van der Waals surface area contributed by atoms with Crippen LogP contribution in [-0.4, -0.2) is 13.1 Å². The summed E-state index contributed by atoms with van der Waals surface area (Å²) in [6.45, 7) is 6.58. The highest BCUT2D eigenvalue weighted by atomic mass is 31.1. The van der Waals surface area contributed by atoms with Gasteiger partial charge in [0.2, 0.25) is 0 Å². The van der Waals surface area contributed by atoms with Gasteiger partial charge in [-0.3, -0.25) is 0 Å². The number of hydrogen-bond acceptors (Lipinski definition) is 2. The van der Waals surface area contributed by atoms with Gasteiger partial charge in [-0.2, -0.15) is 0 Å². The first kappa shape index (κ1) is 19.3. The quantitative estimate of drug-likeness (QED) is 0.494. The summed E-state index contributed by atoms with van der Waals surface area (Å²) in [7, 11) is 0.572. The number of benzene rings is 3. The van der Waals surface area contributed by atoms with Crippen LogP contribution in [0.3, 0.4) is 0 Å². The number of esters is 1. The van der Waals surface area contributed by atoms with Crippen LogP contribution in [0.1, 0.15) is 36.7 Å². The lowest BCUT2D eigenvalue weighted by Gasteiger charge is -2.25. The van der Waals surface area contributed by atoms with Crippen molar-refractivity contribution >= 4 is 29.8 Å². The molecular formula is C24H25O2P. The predicted octanol–water partition coefficient (Wildman–Crippen LogP) is 4.53. The van der Waals surface area contributed by atoms with Crippen LogP contribution in [0.2, 0.25) is 0 Å². The van der Waals surface area contributed by atoms with E-state index in [0.717, 1.165) is 5.30 Å². The third-order valence-electron chi connectivity index (χ3n) is 4.54. The van der Waals surface area contributed by atoms with Gasteiger partial charge in [-0.1, -0.05) is 87.5 Å². The first-order valence-electron chi connectivity index (χ1n) is 9.05. The highest BCUT2D eigenvalue weighted by molar-refractivity contribution is 7.80. The Labute approximate surface area is 163 Å². The second kappa shape index (κ2) is 8.06. The lowest BCUT2D eigenvalue weighted by atomic mass is 9.86. The van der Waals surface area contributed by atoms with E-state index in [0.29, 0.717) is 5.56 Å². The minimum absolute atomic E-state index is 0.00220. The molecule has 0 spiro atoms. The van der Waals surface area contributed by atoms with E-state index in [-0.39, 0.29) is 11.4 Å².